The predicted octanol–water partition coefficient (Wildman–Crippen LogP) is 2.51. The normalized spacial score (nSPS) is 10.1. The van der Waals surface area contributed by atoms with Crippen molar-refractivity contribution < 1.29 is 0 Å². The maximum absolute atomic E-state index is 4.16. The van der Waals surface area contributed by atoms with Crippen LogP contribution >= 0.6 is 0 Å². The monoisotopic (exact) mass is 183 g/mol. The van der Waals surface area contributed by atoms with Crippen molar-refractivity contribution in [3.8, 4) is 11.4 Å². The summed E-state index contributed by atoms with van der Waals surface area (Å²) in [5, 5.41) is 0. The summed E-state index contributed by atoms with van der Waals surface area (Å²) in [5.41, 5.74) is 2.37. The molecule has 1 radical (unpaired) electrons. The Kier molecular flexibility index (Phi) is 2.54. The highest BCUT2D eigenvalue weighted by Crippen LogP contribution is 2.14. The fourth-order valence-electron chi connectivity index (χ4n) is 1.30. The van der Waals surface area contributed by atoms with Gasteiger partial charge in [-0.3, -0.25) is 0 Å². The van der Waals surface area contributed by atoms with Gasteiger partial charge in [-0.25, -0.2) is 9.97 Å². The van der Waals surface area contributed by atoms with Gasteiger partial charge in [0.25, 0.3) is 0 Å². The fraction of sp³-hybridized carbons (Fsp3) is 0.167. The molecule has 0 aliphatic carbocycles. The Morgan fingerprint density at radius 2 is 2.00 bits per heavy atom. The summed E-state index contributed by atoms with van der Waals surface area (Å²) < 4.78 is 0. The third-order valence-electron chi connectivity index (χ3n) is 2.14. The molecule has 0 saturated heterocycles. The molecule has 2 aromatic rings. The Morgan fingerprint density at radius 1 is 1.21 bits per heavy atom. The standard InChI is InChI=1S/C12H11N2/c1-2-10-4-6-11(7-5-10)12-13-8-3-9-14-12/h3-8H,2H2,1H3. The summed E-state index contributed by atoms with van der Waals surface area (Å²) in [4.78, 5) is 8.23. The Hall–Kier alpha value is -1.70. The zero-order valence-electron chi connectivity index (χ0n) is 8.07. The van der Waals surface area contributed by atoms with Crippen LogP contribution in [0, 0.1) is 6.20 Å². The van der Waals surface area contributed by atoms with Gasteiger partial charge < -0.3 is 0 Å². The van der Waals surface area contributed by atoms with Gasteiger partial charge in [0.05, 0.1) is 6.20 Å². The maximum Gasteiger partial charge on any atom is 0.159 e. The van der Waals surface area contributed by atoms with E-state index >= 15 is 0 Å². The van der Waals surface area contributed by atoms with Crippen molar-refractivity contribution in [1.29, 1.82) is 0 Å². The van der Waals surface area contributed by atoms with Crippen molar-refractivity contribution in [3.05, 3.63) is 48.3 Å². The van der Waals surface area contributed by atoms with E-state index in [0.717, 1.165) is 17.8 Å². The molecule has 2 nitrogen and oxygen atoms in total. The molecule has 2 heteroatoms. The van der Waals surface area contributed by atoms with E-state index in [1.807, 2.05) is 12.1 Å². The molecular weight excluding hydrogens is 172 g/mol. The second kappa shape index (κ2) is 4.01. The van der Waals surface area contributed by atoms with Gasteiger partial charge in [0, 0.05) is 11.8 Å². The van der Waals surface area contributed by atoms with Crippen LogP contribution in [-0.2, 0) is 6.42 Å². The van der Waals surface area contributed by atoms with Crippen LogP contribution in [0.4, 0.5) is 0 Å². The highest BCUT2D eigenvalue weighted by Gasteiger charge is 1.98. The molecule has 1 aromatic heterocycles. The summed E-state index contributed by atoms with van der Waals surface area (Å²) in [6, 6.07) is 9.99. The maximum atomic E-state index is 4.16. The number of nitrogens with zero attached hydrogens (tertiary/aromatic N) is 2. The average molecular weight is 183 g/mol. The first-order chi connectivity index (χ1) is 6.90. The number of hydrogen-bond acceptors (Lipinski definition) is 2. The number of aryl methyl sites for hydroxylation is 1. The van der Waals surface area contributed by atoms with Crippen molar-refractivity contribution in [1.82, 2.24) is 9.97 Å². The summed E-state index contributed by atoms with van der Waals surface area (Å²) in [5.74, 6) is 0.732. The van der Waals surface area contributed by atoms with Crippen LogP contribution in [0.2, 0.25) is 0 Å². The number of aromatic nitrogens is 2. The van der Waals surface area contributed by atoms with E-state index in [9.17, 15) is 0 Å². The van der Waals surface area contributed by atoms with Crippen molar-refractivity contribution in [2.24, 2.45) is 0 Å². The van der Waals surface area contributed by atoms with Crippen molar-refractivity contribution in [3.63, 3.8) is 0 Å². The molecule has 69 valence electrons. The van der Waals surface area contributed by atoms with Crippen LogP contribution in [0.5, 0.6) is 0 Å². The van der Waals surface area contributed by atoms with E-state index in [-0.39, 0.29) is 0 Å². The largest absolute Gasteiger partial charge is 0.237 e. The molecule has 0 N–H and O–H groups in total. The summed E-state index contributed by atoms with van der Waals surface area (Å²) in [6.45, 7) is 2.14. The molecule has 0 aliphatic rings. The Labute approximate surface area is 83.7 Å². The van der Waals surface area contributed by atoms with Gasteiger partial charge in [-0.05, 0) is 18.1 Å². The molecule has 1 aromatic carbocycles. The third-order valence-corrected chi connectivity index (χ3v) is 2.14. The quantitative estimate of drug-likeness (QED) is 0.715. The number of hydrogen-bond donors (Lipinski definition) is 0. The van der Waals surface area contributed by atoms with Gasteiger partial charge in [-0.2, -0.15) is 0 Å². The molecule has 0 saturated carbocycles. The zero-order valence-corrected chi connectivity index (χ0v) is 8.07. The molecule has 1 heterocycles. The van der Waals surface area contributed by atoms with Gasteiger partial charge >= 0.3 is 0 Å². The molecule has 0 amide bonds. The molecule has 0 bridgehead atoms. The SMILES string of the molecule is CCc1ccc(-c2n[c]ccn2)cc1. The third kappa shape index (κ3) is 1.79. The molecule has 0 aliphatic heterocycles. The molecular formula is C12H11N2. The smallest absolute Gasteiger partial charge is 0.159 e. The van der Waals surface area contributed by atoms with Gasteiger partial charge in [-0.1, -0.05) is 31.2 Å². The molecule has 14 heavy (non-hydrogen) atoms. The van der Waals surface area contributed by atoms with E-state index in [2.05, 4.69) is 35.2 Å². The van der Waals surface area contributed by atoms with Gasteiger partial charge in [-0.15, -0.1) is 0 Å². The zero-order chi connectivity index (χ0) is 9.80. The van der Waals surface area contributed by atoms with Crippen molar-refractivity contribution in [2.75, 3.05) is 0 Å². The second-order valence-electron chi connectivity index (χ2n) is 3.06. The summed E-state index contributed by atoms with van der Waals surface area (Å²) in [7, 11) is 0. The lowest BCUT2D eigenvalue weighted by atomic mass is 10.1. The number of rotatable bonds is 2. The van der Waals surface area contributed by atoms with E-state index in [1.165, 1.54) is 5.56 Å². The van der Waals surface area contributed by atoms with Crippen LogP contribution in [0.1, 0.15) is 12.5 Å². The second-order valence-corrected chi connectivity index (χ2v) is 3.06. The Balaban J connectivity index is 2.34. The lowest BCUT2D eigenvalue weighted by Gasteiger charge is -2.00. The van der Waals surface area contributed by atoms with Crippen LogP contribution in [0.25, 0.3) is 11.4 Å². The van der Waals surface area contributed by atoms with Gasteiger partial charge in [0.2, 0.25) is 0 Å². The van der Waals surface area contributed by atoms with Crippen LogP contribution in [-0.4, -0.2) is 9.97 Å². The van der Waals surface area contributed by atoms with E-state index in [1.54, 1.807) is 12.3 Å². The molecule has 0 atom stereocenters. The first-order valence-electron chi connectivity index (χ1n) is 4.68. The van der Waals surface area contributed by atoms with Gasteiger partial charge in [0.1, 0.15) is 0 Å². The lowest BCUT2D eigenvalue weighted by molar-refractivity contribution is 1.13. The number of benzene rings is 1. The van der Waals surface area contributed by atoms with Crippen molar-refractivity contribution in [2.45, 2.75) is 13.3 Å². The topological polar surface area (TPSA) is 25.8 Å². The molecule has 0 unspecified atom stereocenters. The van der Waals surface area contributed by atoms with Crippen LogP contribution < -0.4 is 0 Å². The summed E-state index contributed by atoms with van der Waals surface area (Å²) in [6.07, 6.45) is 5.54. The molecule has 0 spiro atoms. The first-order valence-corrected chi connectivity index (χ1v) is 4.68. The molecule has 2 rings (SSSR count). The van der Waals surface area contributed by atoms with Crippen molar-refractivity contribution >= 4 is 0 Å². The summed E-state index contributed by atoms with van der Waals surface area (Å²) >= 11 is 0. The lowest BCUT2D eigenvalue weighted by Crippen LogP contribution is -1.87. The van der Waals surface area contributed by atoms with E-state index in [4.69, 9.17) is 0 Å². The molecule has 0 fully saturated rings. The van der Waals surface area contributed by atoms with Gasteiger partial charge in [0.15, 0.2) is 5.82 Å². The first kappa shape index (κ1) is 8.88. The Bertz CT molecular complexity index is 392. The minimum Gasteiger partial charge on any atom is -0.237 e. The minimum absolute atomic E-state index is 0.732. The van der Waals surface area contributed by atoms with E-state index in [0.29, 0.717) is 0 Å². The minimum atomic E-state index is 0.732. The fourth-order valence-corrected chi connectivity index (χ4v) is 1.30. The van der Waals surface area contributed by atoms with Crippen LogP contribution in [0.15, 0.2) is 36.5 Å². The Morgan fingerprint density at radius 3 is 2.57 bits per heavy atom. The highest BCUT2D eigenvalue weighted by atomic mass is 14.8. The van der Waals surface area contributed by atoms with E-state index < -0.39 is 0 Å². The predicted molar refractivity (Wildman–Crippen MR) is 55.7 cm³/mol. The highest BCUT2D eigenvalue weighted by molar-refractivity contribution is 5.54. The van der Waals surface area contributed by atoms with Crippen LogP contribution in [0.3, 0.4) is 0 Å². The average Bonchev–Trinajstić information content (AvgIpc) is 2.30.